The maximum Gasteiger partial charge on any atom is 0.253 e. The highest BCUT2D eigenvalue weighted by atomic mass is 35.5. The number of rotatable bonds is 8. The molecule has 0 aliphatic rings. The Morgan fingerprint density at radius 3 is 2.55 bits per heavy atom. The molecule has 1 rings (SSSR count). The van der Waals surface area contributed by atoms with Crippen LogP contribution in [0.1, 0.15) is 30.6 Å². The highest BCUT2D eigenvalue weighted by Crippen LogP contribution is 2.15. The lowest BCUT2D eigenvalue weighted by Gasteiger charge is -2.19. The smallest absolute Gasteiger partial charge is 0.253 e. The minimum absolute atomic E-state index is 0.150. The number of hydrogen-bond acceptors (Lipinski definition) is 3. The SMILES string of the molecule is CSCCC(NC(=O)c1ccccc1Cl)C(=O)NCC(C)C. The van der Waals surface area contributed by atoms with Crippen LogP contribution in [0.4, 0.5) is 0 Å². The van der Waals surface area contributed by atoms with Crippen LogP contribution in [0.25, 0.3) is 0 Å². The van der Waals surface area contributed by atoms with Gasteiger partial charge in [0.05, 0.1) is 10.6 Å². The van der Waals surface area contributed by atoms with Crippen LogP contribution in [-0.4, -0.2) is 36.4 Å². The third kappa shape index (κ3) is 6.28. The van der Waals surface area contributed by atoms with Gasteiger partial charge in [0.25, 0.3) is 5.91 Å². The Balaban J connectivity index is 2.73. The number of thioether (sulfide) groups is 1. The van der Waals surface area contributed by atoms with Crippen molar-refractivity contribution < 1.29 is 9.59 Å². The van der Waals surface area contributed by atoms with Crippen LogP contribution in [0.3, 0.4) is 0 Å². The van der Waals surface area contributed by atoms with Gasteiger partial charge >= 0.3 is 0 Å². The van der Waals surface area contributed by atoms with E-state index in [1.807, 2.05) is 20.1 Å². The highest BCUT2D eigenvalue weighted by molar-refractivity contribution is 7.98. The van der Waals surface area contributed by atoms with Crippen LogP contribution in [0.2, 0.25) is 5.02 Å². The Kier molecular flexibility index (Phi) is 8.35. The molecule has 2 N–H and O–H groups in total. The predicted molar refractivity (Wildman–Crippen MR) is 93.6 cm³/mol. The zero-order chi connectivity index (χ0) is 16.5. The Hall–Kier alpha value is -1.20. The van der Waals surface area contributed by atoms with Crippen LogP contribution in [0, 0.1) is 5.92 Å². The van der Waals surface area contributed by atoms with Gasteiger partial charge in [-0.3, -0.25) is 9.59 Å². The Morgan fingerprint density at radius 2 is 1.95 bits per heavy atom. The second-order valence-electron chi connectivity index (χ2n) is 5.43. The fourth-order valence-electron chi connectivity index (χ4n) is 1.81. The van der Waals surface area contributed by atoms with Crippen LogP contribution >= 0.6 is 23.4 Å². The van der Waals surface area contributed by atoms with Gasteiger partial charge in [-0.2, -0.15) is 11.8 Å². The topological polar surface area (TPSA) is 58.2 Å². The van der Waals surface area contributed by atoms with E-state index in [0.717, 1.165) is 5.75 Å². The first-order chi connectivity index (χ1) is 10.5. The maximum atomic E-state index is 12.3. The molecule has 1 unspecified atom stereocenters. The molecule has 0 aliphatic heterocycles. The van der Waals surface area contributed by atoms with E-state index in [9.17, 15) is 9.59 Å². The third-order valence-electron chi connectivity index (χ3n) is 3.04. The molecule has 2 amide bonds. The molecule has 1 aromatic rings. The number of carbonyl (C=O) groups is 2. The fourth-order valence-corrected chi connectivity index (χ4v) is 2.51. The van der Waals surface area contributed by atoms with Gasteiger partial charge in [0.1, 0.15) is 6.04 Å². The summed E-state index contributed by atoms with van der Waals surface area (Å²) in [7, 11) is 0. The van der Waals surface area contributed by atoms with Crippen LogP contribution < -0.4 is 10.6 Å². The molecule has 0 spiro atoms. The number of carbonyl (C=O) groups excluding carboxylic acids is 2. The van der Waals surface area contributed by atoms with Crippen molar-refractivity contribution in [2.45, 2.75) is 26.3 Å². The van der Waals surface area contributed by atoms with Crippen molar-refractivity contribution in [3.63, 3.8) is 0 Å². The summed E-state index contributed by atoms with van der Waals surface area (Å²) in [4.78, 5) is 24.5. The Bertz CT molecular complexity index is 509. The van der Waals surface area contributed by atoms with Gasteiger partial charge in [0.15, 0.2) is 0 Å². The zero-order valence-electron chi connectivity index (χ0n) is 13.2. The molecule has 0 saturated heterocycles. The molecule has 4 nitrogen and oxygen atoms in total. The van der Waals surface area contributed by atoms with Crippen LogP contribution in [0.15, 0.2) is 24.3 Å². The molecule has 0 aromatic heterocycles. The van der Waals surface area contributed by atoms with Gasteiger partial charge in [0, 0.05) is 6.54 Å². The minimum atomic E-state index is -0.546. The van der Waals surface area contributed by atoms with Gasteiger partial charge in [0.2, 0.25) is 5.91 Å². The molecular weight excluding hydrogens is 320 g/mol. The monoisotopic (exact) mass is 342 g/mol. The van der Waals surface area contributed by atoms with Crippen molar-refractivity contribution in [2.24, 2.45) is 5.92 Å². The average molecular weight is 343 g/mol. The Morgan fingerprint density at radius 1 is 1.27 bits per heavy atom. The van der Waals surface area contributed by atoms with Gasteiger partial charge in [-0.25, -0.2) is 0 Å². The molecule has 0 heterocycles. The van der Waals surface area contributed by atoms with E-state index in [1.54, 1.807) is 36.0 Å². The minimum Gasteiger partial charge on any atom is -0.354 e. The van der Waals surface area contributed by atoms with Gasteiger partial charge < -0.3 is 10.6 Å². The molecule has 1 aromatic carbocycles. The maximum absolute atomic E-state index is 12.3. The van der Waals surface area contributed by atoms with E-state index >= 15 is 0 Å². The third-order valence-corrected chi connectivity index (χ3v) is 4.01. The second kappa shape index (κ2) is 9.74. The molecule has 22 heavy (non-hydrogen) atoms. The molecule has 1 atom stereocenters. The molecule has 122 valence electrons. The molecule has 6 heteroatoms. The van der Waals surface area contributed by atoms with Crippen LogP contribution in [0.5, 0.6) is 0 Å². The summed E-state index contributed by atoms with van der Waals surface area (Å²) in [6.45, 7) is 4.65. The standard InChI is InChI=1S/C16H23ClN2O2S/c1-11(2)10-18-16(21)14(8-9-22-3)19-15(20)12-6-4-5-7-13(12)17/h4-7,11,14H,8-10H2,1-3H3,(H,18,21)(H,19,20). The van der Waals surface area contributed by atoms with Crippen molar-refractivity contribution in [3.8, 4) is 0 Å². The van der Waals surface area contributed by atoms with Crippen molar-refractivity contribution in [2.75, 3.05) is 18.6 Å². The second-order valence-corrected chi connectivity index (χ2v) is 6.82. The van der Waals surface area contributed by atoms with Crippen molar-refractivity contribution in [3.05, 3.63) is 34.9 Å². The van der Waals surface area contributed by atoms with Crippen molar-refractivity contribution >= 4 is 35.2 Å². The van der Waals surface area contributed by atoms with Crippen molar-refractivity contribution in [1.82, 2.24) is 10.6 Å². The van der Waals surface area contributed by atoms with Gasteiger partial charge in [-0.05, 0) is 36.5 Å². The quantitative estimate of drug-likeness (QED) is 0.763. The number of amides is 2. The summed E-state index contributed by atoms with van der Waals surface area (Å²) in [5.41, 5.74) is 0.384. The lowest BCUT2D eigenvalue weighted by molar-refractivity contribution is -0.123. The van der Waals surface area contributed by atoms with Crippen LogP contribution in [-0.2, 0) is 4.79 Å². The fraction of sp³-hybridized carbons (Fsp3) is 0.500. The molecule has 0 aliphatic carbocycles. The van der Waals surface area contributed by atoms with Crippen molar-refractivity contribution in [1.29, 1.82) is 0 Å². The summed E-state index contributed by atoms with van der Waals surface area (Å²) in [6, 6.07) is 6.27. The molecule has 0 bridgehead atoms. The first-order valence-corrected chi connectivity index (χ1v) is 9.05. The van der Waals surface area contributed by atoms with E-state index in [2.05, 4.69) is 10.6 Å². The molecular formula is C16H23ClN2O2S. The molecule has 0 fully saturated rings. The number of benzene rings is 1. The summed E-state index contributed by atoms with van der Waals surface area (Å²) >= 11 is 7.66. The van der Waals surface area contributed by atoms with Gasteiger partial charge in [-0.1, -0.05) is 37.6 Å². The summed E-state index contributed by atoms with van der Waals surface area (Å²) in [5, 5.41) is 6.03. The summed E-state index contributed by atoms with van der Waals surface area (Å²) in [5.74, 6) is 0.687. The zero-order valence-corrected chi connectivity index (χ0v) is 14.8. The largest absolute Gasteiger partial charge is 0.354 e. The lowest BCUT2D eigenvalue weighted by Crippen LogP contribution is -2.47. The number of halogens is 1. The average Bonchev–Trinajstić information content (AvgIpc) is 2.49. The lowest BCUT2D eigenvalue weighted by atomic mass is 10.1. The first kappa shape index (κ1) is 18.8. The normalized spacial score (nSPS) is 12.0. The summed E-state index contributed by atoms with van der Waals surface area (Å²) in [6.07, 6.45) is 2.56. The van der Waals surface area contributed by atoms with E-state index in [-0.39, 0.29) is 11.8 Å². The van der Waals surface area contributed by atoms with E-state index in [0.29, 0.717) is 29.5 Å². The summed E-state index contributed by atoms with van der Waals surface area (Å²) < 4.78 is 0. The van der Waals surface area contributed by atoms with E-state index < -0.39 is 6.04 Å². The van der Waals surface area contributed by atoms with E-state index in [1.165, 1.54) is 0 Å². The van der Waals surface area contributed by atoms with Gasteiger partial charge in [-0.15, -0.1) is 0 Å². The number of hydrogen-bond donors (Lipinski definition) is 2. The molecule has 0 saturated carbocycles. The van der Waals surface area contributed by atoms with E-state index in [4.69, 9.17) is 11.6 Å². The Labute approximate surface area is 141 Å². The molecule has 0 radical (unpaired) electrons. The predicted octanol–water partition coefficient (Wildman–Crippen LogP) is 2.96. The number of nitrogens with one attached hydrogen (secondary N) is 2. The highest BCUT2D eigenvalue weighted by Gasteiger charge is 2.21. The first-order valence-electron chi connectivity index (χ1n) is 7.27.